The van der Waals surface area contributed by atoms with Crippen molar-refractivity contribution in [3.63, 3.8) is 0 Å². The molecular weight excluding hydrogens is 196 g/mol. The highest BCUT2D eigenvalue weighted by atomic mass is 16.3. The number of hydrogen-bond donors (Lipinski definition) is 1. The van der Waals surface area contributed by atoms with E-state index in [4.69, 9.17) is 0 Å². The van der Waals surface area contributed by atoms with Gasteiger partial charge in [0.25, 0.3) is 0 Å². The predicted molar refractivity (Wildman–Crippen MR) is 66.0 cm³/mol. The molecule has 0 saturated heterocycles. The fourth-order valence-corrected chi connectivity index (χ4v) is 5.40. The number of rotatable bonds is 1. The molecule has 0 heterocycles. The van der Waals surface area contributed by atoms with Gasteiger partial charge in [-0.05, 0) is 59.8 Å². The van der Waals surface area contributed by atoms with Crippen molar-refractivity contribution in [1.29, 1.82) is 0 Å². The van der Waals surface area contributed by atoms with E-state index < -0.39 is 0 Å². The van der Waals surface area contributed by atoms with Gasteiger partial charge in [0.15, 0.2) is 0 Å². The molecule has 0 aromatic heterocycles. The molecule has 0 aliphatic heterocycles. The molecular formula is C15H24O. The molecule has 2 bridgehead atoms. The Morgan fingerprint density at radius 1 is 1.44 bits per heavy atom. The largest absolute Gasteiger partial charge is 0.392 e. The van der Waals surface area contributed by atoms with Crippen LogP contribution in [0.1, 0.15) is 46.5 Å². The van der Waals surface area contributed by atoms with Gasteiger partial charge in [-0.3, -0.25) is 0 Å². The van der Waals surface area contributed by atoms with E-state index in [1.807, 2.05) is 0 Å². The monoisotopic (exact) mass is 220 g/mol. The smallest absolute Gasteiger partial charge is 0.0647 e. The second-order valence-corrected chi connectivity index (χ2v) is 6.98. The van der Waals surface area contributed by atoms with E-state index in [9.17, 15) is 5.11 Å². The molecule has 2 saturated carbocycles. The second-order valence-electron chi connectivity index (χ2n) is 6.98. The maximum atomic E-state index is 9.59. The van der Waals surface area contributed by atoms with Crippen LogP contribution in [0, 0.1) is 28.6 Å². The lowest BCUT2D eigenvalue weighted by atomic mass is 9.67. The van der Waals surface area contributed by atoms with Gasteiger partial charge in [-0.25, -0.2) is 0 Å². The molecule has 90 valence electrons. The third-order valence-electron chi connectivity index (χ3n) is 6.25. The summed E-state index contributed by atoms with van der Waals surface area (Å²) in [5, 5.41) is 9.59. The lowest BCUT2D eigenvalue weighted by Crippen LogP contribution is -2.30. The van der Waals surface area contributed by atoms with Crippen molar-refractivity contribution in [2.45, 2.75) is 46.5 Å². The summed E-state index contributed by atoms with van der Waals surface area (Å²) in [6.45, 7) is 7.68. The highest BCUT2D eigenvalue weighted by Crippen LogP contribution is 2.70. The van der Waals surface area contributed by atoms with E-state index in [1.165, 1.54) is 31.3 Å². The maximum absolute atomic E-state index is 9.59. The molecule has 1 heteroatoms. The summed E-state index contributed by atoms with van der Waals surface area (Å²) in [4.78, 5) is 0. The van der Waals surface area contributed by atoms with Gasteiger partial charge in [0, 0.05) is 0 Å². The van der Waals surface area contributed by atoms with Gasteiger partial charge >= 0.3 is 0 Å². The third kappa shape index (κ3) is 1.06. The highest BCUT2D eigenvalue weighted by molar-refractivity contribution is 5.30. The summed E-state index contributed by atoms with van der Waals surface area (Å²) in [6, 6.07) is 0. The fraction of sp³-hybridized carbons (Fsp3) is 0.867. The molecule has 1 spiro atoms. The first-order valence-electron chi connectivity index (χ1n) is 6.83. The normalized spacial score (nSPS) is 49.0. The zero-order valence-corrected chi connectivity index (χ0v) is 10.8. The zero-order valence-electron chi connectivity index (χ0n) is 10.8. The van der Waals surface area contributed by atoms with Crippen LogP contribution in [0.3, 0.4) is 0 Å². The van der Waals surface area contributed by atoms with Gasteiger partial charge < -0.3 is 5.11 Å². The van der Waals surface area contributed by atoms with Crippen molar-refractivity contribution in [2.24, 2.45) is 28.6 Å². The summed E-state index contributed by atoms with van der Waals surface area (Å²) < 4.78 is 0. The van der Waals surface area contributed by atoms with Crippen molar-refractivity contribution < 1.29 is 5.11 Å². The number of fused-ring (bicyclic) bond motifs is 1. The first-order valence-corrected chi connectivity index (χ1v) is 6.83. The first kappa shape index (κ1) is 10.8. The van der Waals surface area contributed by atoms with Crippen molar-refractivity contribution in [1.82, 2.24) is 0 Å². The van der Waals surface area contributed by atoms with E-state index in [-0.39, 0.29) is 0 Å². The molecule has 0 amide bonds. The Labute approximate surface area is 98.9 Å². The van der Waals surface area contributed by atoms with Gasteiger partial charge in [-0.15, -0.1) is 0 Å². The molecule has 1 nitrogen and oxygen atoms in total. The minimum Gasteiger partial charge on any atom is -0.392 e. The average molecular weight is 220 g/mol. The Kier molecular flexibility index (Phi) is 2.12. The lowest BCUT2D eigenvalue weighted by molar-refractivity contribution is 0.144. The summed E-state index contributed by atoms with van der Waals surface area (Å²) in [5.74, 6) is 2.56. The molecule has 4 unspecified atom stereocenters. The molecule has 0 aromatic rings. The molecule has 2 fully saturated rings. The van der Waals surface area contributed by atoms with Gasteiger partial charge in [-0.1, -0.05) is 26.8 Å². The minimum atomic E-state index is 0.299. The van der Waals surface area contributed by atoms with Crippen molar-refractivity contribution in [2.75, 3.05) is 6.61 Å². The van der Waals surface area contributed by atoms with Crippen LogP contribution in [0.4, 0.5) is 0 Å². The maximum Gasteiger partial charge on any atom is 0.0647 e. The molecule has 0 aromatic carbocycles. The lowest BCUT2D eigenvalue weighted by Gasteiger charge is -2.37. The highest BCUT2D eigenvalue weighted by Gasteiger charge is 2.63. The quantitative estimate of drug-likeness (QED) is 0.672. The van der Waals surface area contributed by atoms with Crippen LogP contribution in [-0.2, 0) is 0 Å². The zero-order chi connectivity index (χ0) is 11.6. The molecule has 3 aliphatic rings. The van der Waals surface area contributed by atoms with Gasteiger partial charge in [0.1, 0.15) is 0 Å². The molecule has 0 radical (unpaired) electrons. The average Bonchev–Trinajstić information content (AvgIpc) is 2.68. The summed E-state index contributed by atoms with van der Waals surface area (Å²) in [6.07, 6.45) is 7.59. The van der Waals surface area contributed by atoms with E-state index in [2.05, 4.69) is 26.8 Å². The number of aliphatic hydroxyl groups excluding tert-OH is 1. The third-order valence-corrected chi connectivity index (χ3v) is 6.25. The molecule has 3 rings (SSSR count). The van der Waals surface area contributed by atoms with Crippen LogP contribution >= 0.6 is 0 Å². The van der Waals surface area contributed by atoms with Gasteiger partial charge in [-0.2, -0.15) is 0 Å². The summed E-state index contributed by atoms with van der Waals surface area (Å²) in [7, 11) is 0. The van der Waals surface area contributed by atoms with E-state index >= 15 is 0 Å². The van der Waals surface area contributed by atoms with E-state index in [0.29, 0.717) is 17.4 Å². The first-order chi connectivity index (χ1) is 7.52. The van der Waals surface area contributed by atoms with Crippen LogP contribution in [0.5, 0.6) is 0 Å². The van der Waals surface area contributed by atoms with Gasteiger partial charge in [0.05, 0.1) is 6.61 Å². The minimum absolute atomic E-state index is 0.299. The van der Waals surface area contributed by atoms with E-state index in [1.54, 1.807) is 0 Å². The Morgan fingerprint density at radius 2 is 2.19 bits per heavy atom. The molecule has 16 heavy (non-hydrogen) atoms. The SMILES string of the molecule is CC1CCC23CC1C(C)(C)C2CC=C3CO. The van der Waals surface area contributed by atoms with Crippen LogP contribution in [0.25, 0.3) is 0 Å². The Bertz CT molecular complexity index is 341. The summed E-state index contributed by atoms with van der Waals surface area (Å²) >= 11 is 0. The van der Waals surface area contributed by atoms with Crippen molar-refractivity contribution >= 4 is 0 Å². The van der Waals surface area contributed by atoms with Gasteiger partial charge in [0.2, 0.25) is 0 Å². The molecule has 1 N–H and O–H groups in total. The summed E-state index contributed by atoms with van der Waals surface area (Å²) in [5.41, 5.74) is 2.25. The van der Waals surface area contributed by atoms with Crippen LogP contribution in [0.2, 0.25) is 0 Å². The molecule has 3 aliphatic carbocycles. The predicted octanol–water partition coefficient (Wildman–Crippen LogP) is 3.39. The standard InChI is InChI=1S/C15H24O/c1-10-6-7-15-8-12(10)14(2,3)13(15)5-4-11(15)9-16/h4,10,12-13,16H,5-9H2,1-3H3. The van der Waals surface area contributed by atoms with Crippen LogP contribution in [0.15, 0.2) is 11.6 Å². The number of allylic oxidation sites excluding steroid dienone is 1. The Morgan fingerprint density at radius 3 is 2.88 bits per heavy atom. The Hall–Kier alpha value is -0.300. The number of aliphatic hydroxyl groups is 1. The van der Waals surface area contributed by atoms with Crippen molar-refractivity contribution in [3.8, 4) is 0 Å². The van der Waals surface area contributed by atoms with Crippen molar-refractivity contribution in [3.05, 3.63) is 11.6 Å². The fourth-order valence-electron chi connectivity index (χ4n) is 5.40. The molecule has 4 atom stereocenters. The second kappa shape index (κ2) is 3.13. The van der Waals surface area contributed by atoms with Crippen LogP contribution in [-0.4, -0.2) is 11.7 Å². The Balaban J connectivity index is 2.05. The van der Waals surface area contributed by atoms with E-state index in [0.717, 1.165) is 17.8 Å². The number of hydrogen-bond acceptors (Lipinski definition) is 1. The van der Waals surface area contributed by atoms with Crippen LogP contribution < -0.4 is 0 Å². The topological polar surface area (TPSA) is 20.2 Å².